The summed E-state index contributed by atoms with van der Waals surface area (Å²) in [4.78, 5) is 28.5. The van der Waals surface area contributed by atoms with Crippen molar-refractivity contribution in [2.75, 3.05) is 32.7 Å². The minimum atomic E-state index is -0.00518. The van der Waals surface area contributed by atoms with Crippen molar-refractivity contribution in [2.24, 2.45) is 11.8 Å². The lowest BCUT2D eigenvalue weighted by molar-refractivity contribution is -0.136. The molecule has 1 unspecified atom stereocenters. The van der Waals surface area contributed by atoms with Crippen LogP contribution in [-0.4, -0.2) is 54.3 Å². The van der Waals surface area contributed by atoms with Gasteiger partial charge in [0.25, 0.3) is 0 Å². The number of piperazine rings is 1. The summed E-state index contributed by atoms with van der Waals surface area (Å²) < 4.78 is 0. The summed E-state index contributed by atoms with van der Waals surface area (Å²) in [5.74, 6) is 0.919. The molecule has 150 valence electrons. The summed E-state index contributed by atoms with van der Waals surface area (Å²) in [7, 11) is 0. The van der Waals surface area contributed by atoms with E-state index >= 15 is 0 Å². The van der Waals surface area contributed by atoms with Crippen molar-refractivity contribution < 1.29 is 9.59 Å². The first kappa shape index (κ1) is 21.4. The molecule has 1 heterocycles. The third kappa shape index (κ3) is 6.65. The van der Waals surface area contributed by atoms with E-state index in [4.69, 9.17) is 0 Å². The number of benzene rings is 1. The number of hydrogen-bond acceptors (Lipinski definition) is 3. The lowest BCUT2D eigenvalue weighted by atomic mass is 10.00. The Morgan fingerprint density at radius 1 is 0.963 bits per heavy atom. The number of carbonyl (C=O) groups is 2. The second kappa shape index (κ2) is 9.88. The van der Waals surface area contributed by atoms with Crippen LogP contribution < -0.4 is 5.32 Å². The zero-order valence-corrected chi connectivity index (χ0v) is 17.5. The Hall–Kier alpha value is -1.88. The molecule has 0 aliphatic carbocycles. The number of amides is 2. The third-order valence-corrected chi connectivity index (χ3v) is 5.05. The van der Waals surface area contributed by atoms with Gasteiger partial charge in [0.15, 0.2) is 0 Å². The topological polar surface area (TPSA) is 52.7 Å². The quantitative estimate of drug-likeness (QED) is 0.800. The fourth-order valence-corrected chi connectivity index (χ4v) is 3.48. The highest BCUT2D eigenvalue weighted by Crippen LogP contribution is 2.15. The lowest BCUT2D eigenvalue weighted by Crippen LogP contribution is -2.52. The van der Waals surface area contributed by atoms with Crippen LogP contribution in [0.5, 0.6) is 0 Å². The maximum atomic E-state index is 12.4. The molecule has 2 amide bonds. The van der Waals surface area contributed by atoms with Gasteiger partial charge in [-0.15, -0.1) is 0 Å². The van der Waals surface area contributed by atoms with Crippen LogP contribution in [0, 0.1) is 11.8 Å². The van der Waals surface area contributed by atoms with Gasteiger partial charge in [-0.05, 0) is 30.4 Å². The molecule has 1 atom stereocenters. The zero-order chi connectivity index (χ0) is 20.0. The highest BCUT2D eigenvalue weighted by Gasteiger charge is 2.24. The van der Waals surface area contributed by atoms with Gasteiger partial charge in [0.2, 0.25) is 11.8 Å². The van der Waals surface area contributed by atoms with Crippen LogP contribution in [0.1, 0.15) is 51.8 Å². The smallest absolute Gasteiger partial charge is 0.234 e. The van der Waals surface area contributed by atoms with Crippen molar-refractivity contribution in [3.05, 3.63) is 35.4 Å². The van der Waals surface area contributed by atoms with Crippen molar-refractivity contribution in [3.63, 3.8) is 0 Å². The van der Waals surface area contributed by atoms with Crippen LogP contribution >= 0.6 is 0 Å². The highest BCUT2D eigenvalue weighted by atomic mass is 16.2. The van der Waals surface area contributed by atoms with Crippen molar-refractivity contribution in [1.29, 1.82) is 0 Å². The minimum Gasteiger partial charge on any atom is -0.348 e. The van der Waals surface area contributed by atoms with E-state index in [1.165, 1.54) is 5.56 Å². The molecule has 0 aromatic heterocycles. The predicted octanol–water partition coefficient (Wildman–Crippen LogP) is 2.86. The van der Waals surface area contributed by atoms with Crippen LogP contribution in [-0.2, 0) is 16.0 Å². The molecular formula is C22H35N3O2. The lowest BCUT2D eigenvalue weighted by Gasteiger charge is -2.35. The second-order valence-corrected chi connectivity index (χ2v) is 8.38. The Morgan fingerprint density at radius 3 is 2.07 bits per heavy atom. The summed E-state index contributed by atoms with van der Waals surface area (Å²) in [6.07, 6.45) is 1.08. The molecular weight excluding hydrogens is 338 g/mol. The first-order valence-electron chi connectivity index (χ1n) is 10.2. The highest BCUT2D eigenvalue weighted by molar-refractivity contribution is 5.79. The monoisotopic (exact) mass is 373 g/mol. The number of rotatable bonds is 7. The van der Waals surface area contributed by atoms with E-state index in [-0.39, 0.29) is 23.8 Å². The molecule has 1 aliphatic heterocycles. The van der Waals surface area contributed by atoms with Gasteiger partial charge in [-0.3, -0.25) is 14.5 Å². The molecule has 0 bridgehead atoms. The van der Waals surface area contributed by atoms with E-state index in [1.807, 2.05) is 25.7 Å². The average molecular weight is 374 g/mol. The molecule has 1 N–H and O–H groups in total. The average Bonchev–Trinajstić information content (AvgIpc) is 2.61. The van der Waals surface area contributed by atoms with Crippen LogP contribution in [0.2, 0.25) is 0 Å². The van der Waals surface area contributed by atoms with E-state index in [2.05, 4.69) is 48.3 Å². The van der Waals surface area contributed by atoms with Crippen molar-refractivity contribution in [3.8, 4) is 0 Å². The molecule has 1 aliphatic rings. The molecule has 1 saturated heterocycles. The number of hydrogen-bond donors (Lipinski definition) is 1. The molecule has 0 radical (unpaired) electrons. The van der Waals surface area contributed by atoms with Crippen LogP contribution in [0.4, 0.5) is 0 Å². The van der Waals surface area contributed by atoms with E-state index < -0.39 is 0 Å². The van der Waals surface area contributed by atoms with Crippen molar-refractivity contribution in [2.45, 2.75) is 47.1 Å². The van der Waals surface area contributed by atoms with E-state index in [1.54, 1.807) is 0 Å². The van der Waals surface area contributed by atoms with Crippen LogP contribution in [0.25, 0.3) is 0 Å². The summed E-state index contributed by atoms with van der Waals surface area (Å²) in [6.45, 7) is 13.6. The Labute approximate surface area is 164 Å². The Balaban J connectivity index is 1.78. The Kier molecular flexibility index (Phi) is 7.84. The normalized spacial score (nSPS) is 16.6. The standard InChI is InChI=1S/C22H35N3O2/c1-16(2)14-19-6-8-20(9-7-19)18(5)23-21(26)15-24-10-12-25(13-11-24)22(27)17(3)4/h6-9,16-18H,10-15H2,1-5H3,(H,23,26). The summed E-state index contributed by atoms with van der Waals surface area (Å²) in [5, 5.41) is 3.09. The van der Waals surface area contributed by atoms with Crippen molar-refractivity contribution in [1.82, 2.24) is 15.1 Å². The van der Waals surface area contributed by atoms with Gasteiger partial charge < -0.3 is 10.2 Å². The molecule has 1 aromatic carbocycles. The predicted molar refractivity (Wildman–Crippen MR) is 109 cm³/mol. The fraction of sp³-hybridized carbons (Fsp3) is 0.636. The minimum absolute atomic E-state index is 0.00518. The second-order valence-electron chi connectivity index (χ2n) is 8.38. The van der Waals surface area contributed by atoms with E-state index in [0.29, 0.717) is 25.6 Å². The molecule has 1 aromatic rings. The fourth-order valence-electron chi connectivity index (χ4n) is 3.48. The number of carbonyl (C=O) groups excluding carboxylic acids is 2. The van der Waals surface area contributed by atoms with Gasteiger partial charge in [-0.2, -0.15) is 0 Å². The maximum absolute atomic E-state index is 12.4. The molecule has 5 heteroatoms. The number of nitrogens with zero attached hydrogens (tertiary/aromatic N) is 2. The molecule has 1 fully saturated rings. The van der Waals surface area contributed by atoms with Gasteiger partial charge in [0.05, 0.1) is 12.6 Å². The van der Waals surface area contributed by atoms with Gasteiger partial charge in [0.1, 0.15) is 0 Å². The zero-order valence-electron chi connectivity index (χ0n) is 17.5. The Morgan fingerprint density at radius 2 is 1.56 bits per heavy atom. The summed E-state index contributed by atoms with van der Waals surface area (Å²) >= 11 is 0. The third-order valence-electron chi connectivity index (χ3n) is 5.05. The van der Waals surface area contributed by atoms with E-state index in [0.717, 1.165) is 25.1 Å². The largest absolute Gasteiger partial charge is 0.348 e. The molecule has 0 saturated carbocycles. The van der Waals surface area contributed by atoms with E-state index in [9.17, 15) is 9.59 Å². The van der Waals surface area contributed by atoms with Crippen molar-refractivity contribution >= 4 is 11.8 Å². The van der Waals surface area contributed by atoms with Gasteiger partial charge in [-0.25, -0.2) is 0 Å². The molecule has 5 nitrogen and oxygen atoms in total. The molecule has 0 spiro atoms. The first-order valence-corrected chi connectivity index (χ1v) is 10.2. The first-order chi connectivity index (χ1) is 12.8. The number of nitrogens with one attached hydrogen (secondary N) is 1. The Bertz CT molecular complexity index is 617. The van der Waals surface area contributed by atoms with Crippen LogP contribution in [0.15, 0.2) is 24.3 Å². The summed E-state index contributed by atoms with van der Waals surface area (Å²) in [6, 6.07) is 8.53. The maximum Gasteiger partial charge on any atom is 0.234 e. The molecule has 27 heavy (non-hydrogen) atoms. The SMILES string of the molecule is CC(C)Cc1ccc(C(C)NC(=O)CN2CCN(C(=O)C(C)C)CC2)cc1. The van der Waals surface area contributed by atoms with Gasteiger partial charge in [0, 0.05) is 32.1 Å². The molecule has 2 rings (SSSR count). The van der Waals surface area contributed by atoms with Gasteiger partial charge in [-0.1, -0.05) is 52.0 Å². The summed E-state index contributed by atoms with van der Waals surface area (Å²) in [5.41, 5.74) is 2.46. The van der Waals surface area contributed by atoms with Gasteiger partial charge >= 0.3 is 0 Å². The van der Waals surface area contributed by atoms with Crippen LogP contribution in [0.3, 0.4) is 0 Å².